The quantitative estimate of drug-likeness (QED) is 0.763. The minimum atomic E-state index is -1.06. The van der Waals surface area contributed by atoms with E-state index in [0.717, 1.165) is 18.4 Å². The van der Waals surface area contributed by atoms with Crippen LogP contribution in [0.3, 0.4) is 0 Å². The van der Waals surface area contributed by atoms with Crippen LogP contribution in [-0.4, -0.2) is 49.9 Å². The Morgan fingerprint density at radius 1 is 1.32 bits per heavy atom. The fourth-order valence-electron chi connectivity index (χ4n) is 2.84. The van der Waals surface area contributed by atoms with Crippen LogP contribution < -0.4 is 0 Å². The van der Waals surface area contributed by atoms with Gasteiger partial charge in [0.2, 0.25) is 0 Å². The van der Waals surface area contributed by atoms with Gasteiger partial charge in [0.1, 0.15) is 11.1 Å². The number of carboxylic acid groups (broad SMARTS) is 1. The lowest BCUT2D eigenvalue weighted by molar-refractivity contribution is 0.0698. The molecule has 0 radical (unpaired) electrons. The fourth-order valence-corrected chi connectivity index (χ4v) is 2.84. The summed E-state index contributed by atoms with van der Waals surface area (Å²) in [6, 6.07) is 7.51. The molecule has 3 aromatic rings. The molecule has 1 amide bonds. The Morgan fingerprint density at radius 3 is 2.84 bits per heavy atom. The highest BCUT2D eigenvalue weighted by Gasteiger charge is 2.30. The molecule has 2 N–H and O–H groups in total. The molecule has 1 saturated carbocycles. The normalized spacial score (nSPS) is 13.8. The zero-order valence-corrected chi connectivity index (χ0v) is 13.6. The summed E-state index contributed by atoms with van der Waals surface area (Å²) < 4.78 is 0. The van der Waals surface area contributed by atoms with Crippen molar-refractivity contribution in [1.82, 2.24) is 19.9 Å². The molecule has 0 aliphatic heterocycles. The molecule has 4 rings (SSSR count). The number of aromatic nitrogens is 3. The average molecular weight is 336 g/mol. The second-order valence-electron chi connectivity index (χ2n) is 6.19. The highest BCUT2D eigenvalue weighted by atomic mass is 16.4. The zero-order chi connectivity index (χ0) is 17.6. The van der Waals surface area contributed by atoms with E-state index in [1.54, 1.807) is 29.3 Å². The third kappa shape index (κ3) is 2.73. The lowest BCUT2D eigenvalue weighted by Crippen LogP contribution is -2.28. The van der Waals surface area contributed by atoms with Gasteiger partial charge in [-0.15, -0.1) is 0 Å². The van der Waals surface area contributed by atoms with Crippen LogP contribution in [0.15, 0.2) is 36.7 Å². The molecule has 0 bridgehead atoms. The summed E-state index contributed by atoms with van der Waals surface area (Å²) in [5.74, 6) is -1.08. The molecule has 0 saturated heterocycles. The molecule has 0 unspecified atom stereocenters. The number of H-pyrrole nitrogens is 1. The molecule has 126 valence electrons. The molecule has 2 heterocycles. The summed E-state index contributed by atoms with van der Waals surface area (Å²) in [5.41, 5.74) is 2.63. The first-order valence-electron chi connectivity index (χ1n) is 7.99. The number of amides is 1. The predicted octanol–water partition coefficient (Wildman–Crippen LogP) is 2.56. The van der Waals surface area contributed by atoms with Crippen molar-refractivity contribution in [1.29, 1.82) is 0 Å². The maximum atomic E-state index is 12.5. The molecule has 1 aromatic carbocycles. The Morgan fingerprint density at radius 2 is 2.12 bits per heavy atom. The largest absolute Gasteiger partial charge is 0.478 e. The molecule has 0 atom stereocenters. The SMILES string of the molecule is CN(C(=O)c1cccc(-c2cnc3[nH]cc(C(=O)O)c3n2)c1)C1CC1. The van der Waals surface area contributed by atoms with Gasteiger partial charge in [0.05, 0.1) is 11.9 Å². The van der Waals surface area contributed by atoms with Gasteiger partial charge in [-0.2, -0.15) is 0 Å². The third-order valence-electron chi connectivity index (χ3n) is 4.43. The maximum absolute atomic E-state index is 12.5. The van der Waals surface area contributed by atoms with E-state index >= 15 is 0 Å². The van der Waals surface area contributed by atoms with Crippen molar-refractivity contribution in [2.45, 2.75) is 18.9 Å². The van der Waals surface area contributed by atoms with Crippen molar-refractivity contribution < 1.29 is 14.7 Å². The van der Waals surface area contributed by atoms with Crippen LogP contribution in [0, 0.1) is 0 Å². The zero-order valence-electron chi connectivity index (χ0n) is 13.6. The Bertz CT molecular complexity index is 991. The predicted molar refractivity (Wildman–Crippen MR) is 91.4 cm³/mol. The number of carbonyl (C=O) groups is 2. The fraction of sp³-hybridized carbons (Fsp3) is 0.222. The highest BCUT2D eigenvalue weighted by molar-refractivity contribution is 6.00. The summed E-state index contributed by atoms with van der Waals surface area (Å²) in [4.78, 5) is 37.0. The topological polar surface area (TPSA) is 99.2 Å². The highest BCUT2D eigenvalue weighted by Crippen LogP contribution is 2.28. The van der Waals surface area contributed by atoms with Gasteiger partial charge < -0.3 is 15.0 Å². The van der Waals surface area contributed by atoms with Gasteiger partial charge in [-0.1, -0.05) is 12.1 Å². The second kappa shape index (κ2) is 5.70. The van der Waals surface area contributed by atoms with Crippen molar-refractivity contribution in [3.05, 3.63) is 47.8 Å². The van der Waals surface area contributed by atoms with E-state index in [4.69, 9.17) is 0 Å². The molecular weight excluding hydrogens is 320 g/mol. The van der Waals surface area contributed by atoms with E-state index in [-0.39, 0.29) is 11.5 Å². The second-order valence-corrected chi connectivity index (χ2v) is 6.19. The van der Waals surface area contributed by atoms with Crippen LogP contribution in [0.4, 0.5) is 0 Å². The van der Waals surface area contributed by atoms with Crippen LogP contribution >= 0.6 is 0 Å². The van der Waals surface area contributed by atoms with Crippen molar-refractivity contribution in [2.24, 2.45) is 0 Å². The number of hydrogen-bond acceptors (Lipinski definition) is 4. The number of carboxylic acids is 1. The number of nitrogens with one attached hydrogen (secondary N) is 1. The standard InChI is InChI=1S/C18H16N4O3/c1-22(12-5-6-12)17(23)11-4-2-3-10(7-11)14-9-20-16-15(21-14)13(8-19-16)18(24)25/h2-4,7-9,12H,5-6H2,1H3,(H,19,20)(H,24,25). The molecule has 0 spiro atoms. The van der Waals surface area contributed by atoms with E-state index in [1.807, 2.05) is 13.1 Å². The lowest BCUT2D eigenvalue weighted by Gasteiger charge is -2.16. The van der Waals surface area contributed by atoms with Crippen LogP contribution in [-0.2, 0) is 0 Å². The molecule has 7 heteroatoms. The minimum Gasteiger partial charge on any atom is -0.478 e. The average Bonchev–Trinajstić information content (AvgIpc) is 3.39. The van der Waals surface area contributed by atoms with Crippen molar-refractivity contribution in [3.63, 3.8) is 0 Å². The van der Waals surface area contributed by atoms with Crippen LogP contribution in [0.25, 0.3) is 22.4 Å². The molecule has 25 heavy (non-hydrogen) atoms. The molecule has 1 aliphatic carbocycles. The van der Waals surface area contributed by atoms with E-state index in [9.17, 15) is 14.7 Å². The van der Waals surface area contributed by atoms with Gasteiger partial charge >= 0.3 is 5.97 Å². The minimum absolute atomic E-state index is 0.0220. The van der Waals surface area contributed by atoms with Gasteiger partial charge in [0.25, 0.3) is 5.91 Å². The number of aromatic carboxylic acids is 1. The molecule has 2 aromatic heterocycles. The Labute approximate surface area is 143 Å². The number of aromatic amines is 1. The molecule has 1 fully saturated rings. The van der Waals surface area contributed by atoms with Crippen LogP contribution in [0.5, 0.6) is 0 Å². The first kappa shape index (κ1) is 15.3. The number of carbonyl (C=O) groups excluding carboxylic acids is 1. The summed E-state index contributed by atoms with van der Waals surface area (Å²) in [6.45, 7) is 0. The summed E-state index contributed by atoms with van der Waals surface area (Å²) >= 11 is 0. The van der Waals surface area contributed by atoms with E-state index in [1.165, 1.54) is 6.20 Å². The lowest BCUT2D eigenvalue weighted by atomic mass is 10.1. The first-order chi connectivity index (χ1) is 12.0. The van der Waals surface area contributed by atoms with Crippen molar-refractivity contribution >= 4 is 23.0 Å². The van der Waals surface area contributed by atoms with Gasteiger partial charge in [-0.05, 0) is 25.0 Å². The van der Waals surface area contributed by atoms with Gasteiger partial charge in [0.15, 0.2) is 5.65 Å². The monoisotopic (exact) mass is 336 g/mol. The number of rotatable bonds is 4. The summed E-state index contributed by atoms with van der Waals surface area (Å²) in [6.07, 6.45) is 5.05. The van der Waals surface area contributed by atoms with E-state index in [2.05, 4.69) is 15.0 Å². The number of benzene rings is 1. The molecular formula is C18H16N4O3. The van der Waals surface area contributed by atoms with Gasteiger partial charge in [-0.25, -0.2) is 14.8 Å². The summed E-state index contributed by atoms with van der Waals surface area (Å²) in [7, 11) is 1.82. The van der Waals surface area contributed by atoms with Crippen molar-refractivity contribution in [3.8, 4) is 11.3 Å². The van der Waals surface area contributed by atoms with Crippen LogP contribution in [0.1, 0.15) is 33.6 Å². The number of nitrogens with zero attached hydrogens (tertiary/aromatic N) is 3. The van der Waals surface area contributed by atoms with Gasteiger partial charge in [-0.3, -0.25) is 4.79 Å². The van der Waals surface area contributed by atoms with Crippen LogP contribution in [0.2, 0.25) is 0 Å². The number of hydrogen-bond donors (Lipinski definition) is 2. The Balaban J connectivity index is 1.73. The van der Waals surface area contributed by atoms with Gasteiger partial charge in [0, 0.05) is 30.4 Å². The van der Waals surface area contributed by atoms with E-state index in [0.29, 0.717) is 28.5 Å². The molecule has 7 nitrogen and oxygen atoms in total. The maximum Gasteiger partial charge on any atom is 0.339 e. The number of fused-ring (bicyclic) bond motifs is 1. The van der Waals surface area contributed by atoms with Crippen molar-refractivity contribution in [2.75, 3.05) is 7.05 Å². The first-order valence-corrected chi connectivity index (χ1v) is 7.99. The Hall–Kier alpha value is -3.22. The summed E-state index contributed by atoms with van der Waals surface area (Å²) in [5, 5.41) is 9.23. The molecule has 1 aliphatic rings. The third-order valence-corrected chi connectivity index (χ3v) is 4.43. The smallest absolute Gasteiger partial charge is 0.339 e. The Kier molecular flexibility index (Phi) is 3.49. The van der Waals surface area contributed by atoms with E-state index < -0.39 is 5.97 Å².